The monoisotopic (exact) mass is 824 g/mol. The molecule has 0 N–H and O–H groups in total. The van der Waals surface area contributed by atoms with Crippen molar-refractivity contribution in [2.45, 2.75) is 12.8 Å². The number of allylic oxidation sites excluding steroid dienone is 4. The second-order valence-corrected chi connectivity index (χ2v) is 20.1. The summed E-state index contributed by atoms with van der Waals surface area (Å²) < 4.78 is 4.57. The number of fused-ring (bicyclic) bond motifs is 10. The molecule has 5 heteroatoms. The van der Waals surface area contributed by atoms with E-state index in [1.807, 2.05) is 0 Å². The number of hydrogen-bond donors (Lipinski definition) is 0. The van der Waals surface area contributed by atoms with Gasteiger partial charge in [-0.05, 0) is 0 Å². The van der Waals surface area contributed by atoms with Crippen LogP contribution in [0.2, 0.25) is 10.0 Å². The zero-order valence-corrected chi connectivity index (χ0v) is 33.4. The fourth-order valence-electron chi connectivity index (χ4n) is 8.60. The summed E-state index contributed by atoms with van der Waals surface area (Å²) in [6.45, 7) is 0. The standard InChI is InChI=1S/C21H12Cl2.C21H13.C5H5.2ClH.Zr/c22-20-11-9-14(16-5-1-3-7-18(16)20)13-15-10-12-21(23)19-8-4-2-6-17(15)19;1-2-8-15-14(7-1)13-20-18-11-4-3-9-16(18)17-10-5-6-12-19(17)21(15)20;1-2-4-5-3-1;;;/h1-12H;1-10,12H,13H2;1-3H,4H2;2*1H;/q;;;;;+2/p-2. The van der Waals surface area contributed by atoms with Crippen LogP contribution in [0.4, 0.5) is 0 Å². The molecule has 8 aromatic rings. The van der Waals surface area contributed by atoms with Crippen molar-refractivity contribution >= 4 is 72.8 Å². The summed E-state index contributed by atoms with van der Waals surface area (Å²) in [6.07, 6.45) is 8.96. The predicted molar refractivity (Wildman–Crippen MR) is 212 cm³/mol. The van der Waals surface area contributed by atoms with Crippen LogP contribution in [0.1, 0.15) is 28.7 Å². The Balaban J connectivity index is 0.00000193. The Kier molecular flexibility index (Phi) is 9.63. The van der Waals surface area contributed by atoms with Crippen molar-refractivity contribution in [2.75, 3.05) is 0 Å². The average molecular weight is 828 g/mol. The zero-order valence-electron chi connectivity index (χ0n) is 27.9. The third kappa shape index (κ3) is 5.48. The minimum absolute atomic E-state index is 0. The molecule has 2 aliphatic rings. The molecule has 0 unspecified atom stereocenters. The molecule has 250 valence electrons. The Morgan fingerprint density at radius 3 is 1.71 bits per heavy atom. The van der Waals surface area contributed by atoms with E-state index in [0.717, 1.165) is 33.7 Å². The molecule has 0 amide bonds. The molecule has 0 heterocycles. The van der Waals surface area contributed by atoms with Gasteiger partial charge in [0, 0.05) is 0 Å². The molecule has 0 atom stereocenters. The van der Waals surface area contributed by atoms with Crippen LogP contribution in [0.25, 0.3) is 54.2 Å². The summed E-state index contributed by atoms with van der Waals surface area (Å²) in [5, 5.41) is 11.6. The van der Waals surface area contributed by atoms with Gasteiger partial charge in [-0.25, -0.2) is 0 Å². The van der Waals surface area contributed by atoms with E-state index in [4.69, 9.17) is 23.2 Å². The molecular formula is C47H30Cl4Zr. The van der Waals surface area contributed by atoms with Gasteiger partial charge in [-0.2, -0.15) is 0 Å². The Labute approximate surface area is 333 Å². The van der Waals surface area contributed by atoms with Gasteiger partial charge in [0.2, 0.25) is 0 Å². The molecular weight excluding hydrogens is 798 g/mol. The van der Waals surface area contributed by atoms with Gasteiger partial charge in [-0.1, -0.05) is 0 Å². The number of rotatable bonds is 4. The predicted octanol–water partition coefficient (Wildman–Crippen LogP) is 6.54. The minimum Gasteiger partial charge on any atom is -1.00 e. The molecule has 8 aromatic carbocycles. The third-order valence-corrected chi connectivity index (χ3v) is 18.8. The van der Waals surface area contributed by atoms with Crippen LogP contribution in [0.5, 0.6) is 0 Å². The van der Waals surface area contributed by atoms with Crippen LogP contribution in [-0.2, 0) is 27.7 Å². The van der Waals surface area contributed by atoms with Crippen LogP contribution in [0.3, 0.4) is 0 Å². The van der Waals surface area contributed by atoms with Crippen LogP contribution in [0.15, 0.2) is 161 Å². The molecule has 0 fully saturated rings. The summed E-state index contributed by atoms with van der Waals surface area (Å²) in [5.41, 5.74) is 8.22. The second-order valence-electron chi connectivity index (χ2n) is 13.3. The molecule has 52 heavy (non-hydrogen) atoms. The minimum atomic E-state index is -3.09. The first-order chi connectivity index (χ1) is 24.7. The van der Waals surface area contributed by atoms with Gasteiger partial charge in [0.1, 0.15) is 0 Å². The van der Waals surface area contributed by atoms with Gasteiger partial charge in [-0.15, -0.1) is 0 Å². The molecule has 0 aromatic heterocycles. The van der Waals surface area contributed by atoms with Gasteiger partial charge in [0.25, 0.3) is 0 Å². The van der Waals surface area contributed by atoms with Crippen LogP contribution < -0.4 is 28.1 Å². The van der Waals surface area contributed by atoms with Crippen molar-refractivity contribution in [3.05, 3.63) is 193 Å². The van der Waals surface area contributed by atoms with Gasteiger partial charge < -0.3 is 24.8 Å². The van der Waals surface area contributed by atoms with Gasteiger partial charge in [0.15, 0.2) is 0 Å². The maximum absolute atomic E-state index is 6.93. The summed E-state index contributed by atoms with van der Waals surface area (Å²) >= 11 is 10.8. The Morgan fingerprint density at radius 1 is 0.519 bits per heavy atom. The molecule has 0 saturated carbocycles. The number of benzene rings is 8. The van der Waals surface area contributed by atoms with E-state index < -0.39 is 21.3 Å². The number of halogens is 4. The van der Waals surface area contributed by atoms with Crippen molar-refractivity contribution in [3.8, 4) is 11.1 Å². The summed E-state index contributed by atoms with van der Waals surface area (Å²) in [4.78, 5) is 0. The largest absolute Gasteiger partial charge is 1.00 e. The molecule has 10 rings (SSSR count). The van der Waals surface area contributed by atoms with Crippen molar-refractivity contribution in [3.63, 3.8) is 0 Å². The third-order valence-electron chi connectivity index (χ3n) is 10.7. The number of hydrogen-bond acceptors (Lipinski definition) is 0. The maximum Gasteiger partial charge on any atom is -1.00 e. The fraction of sp³-hybridized carbons (Fsp3) is 0.0426. The fourth-order valence-corrected chi connectivity index (χ4v) is 17.2. The maximum atomic E-state index is 6.93. The Bertz CT molecular complexity index is 2760. The molecule has 0 saturated heterocycles. The van der Waals surface area contributed by atoms with E-state index in [-0.39, 0.29) is 24.8 Å². The Morgan fingerprint density at radius 2 is 1.08 bits per heavy atom. The summed E-state index contributed by atoms with van der Waals surface area (Å²) in [5.74, 6) is 0. The van der Waals surface area contributed by atoms with E-state index in [9.17, 15) is 0 Å². The first-order valence-electron chi connectivity index (χ1n) is 17.2. The smallest absolute Gasteiger partial charge is 1.00 e. The molecule has 0 radical (unpaired) electrons. The van der Waals surface area contributed by atoms with Gasteiger partial charge in [0.05, 0.1) is 0 Å². The quantitative estimate of drug-likeness (QED) is 0.177. The van der Waals surface area contributed by atoms with Gasteiger partial charge in [-0.3, -0.25) is 0 Å². The first-order valence-corrected chi connectivity index (χ1v) is 21.6. The van der Waals surface area contributed by atoms with E-state index in [0.29, 0.717) is 0 Å². The van der Waals surface area contributed by atoms with Crippen LogP contribution in [0, 0.1) is 0 Å². The summed E-state index contributed by atoms with van der Waals surface area (Å²) in [6, 6.07) is 51.3. The van der Waals surface area contributed by atoms with E-state index in [1.54, 1.807) is 3.28 Å². The van der Waals surface area contributed by atoms with Gasteiger partial charge >= 0.3 is 311 Å². The summed E-state index contributed by atoms with van der Waals surface area (Å²) in [7, 11) is 0. The molecule has 0 spiro atoms. The first kappa shape index (κ1) is 35.2. The average Bonchev–Trinajstić information content (AvgIpc) is 3.84. The normalized spacial score (nSPS) is 12.6. The molecule has 2 aliphatic carbocycles. The van der Waals surface area contributed by atoms with Crippen LogP contribution >= 0.6 is 23.2 Å². The zero-order chi connectivity index (χ0) is 33.3. The van der Waals surface area contributed by atoms with E-state index in [2.05, 4.69) is 158 Å². The Hall–Kier alpha value is -3.81. The second kappa shape index (κ2) is 14.2. The van der Waals surface area contributed by atoms with Crippen molar-refractivity contribution in [1.29, 1.82) is 0 Å². The van der Waals surface area contributed by atoms with Crippen molar-refractivity contribution in [2.24, 2.45) is 0 Å². The van der Waals surface area contributed by atoms with E-state index in [1.165, 1.54) is 72.2 Å². The van der Waals surface area contributed by atoms with E-state index >= 15 is 0 Å². The van der Waals surface area contributed by atoms with Crippen molar-refractivity contribution < 1.29 is 46.1 Å². The van der Waals surface area contributed by atoms with Crippen LogP contribution in [-0.4, -0.2) is 3.21 Å². The molecule has 0 nitrogen and oxygen atoms in total. The molecule has 0 aliphatic heterocycles. The SMILES string of the molecule is Clc1ccc([C](c2ccc(Cl)c3ccccc23)=[Zr+2]([C]2=CC=CC2)[c]2cccc3c2c2c(c4ccccc43)-c3ccccc3C2)c2ccccc12.[Cl-].[Cl-]. The van der Waals surface area contributed by atoms with Crippen molar-refractivity contribution in [1.82, 2.24) is 0 Å². The molecule has 0 bridgehead atoms. The topological polar surface area (TPSA) is 0 Å².